The summed E-state index contributed by atoms with van der Waals surface area (Å²) in [5.41, 5.74) is 2.40. The Balaban J connectivity index is 1.92. The molecule has 0 atom stereocenters. The first-order valence-corrected chi connectivity index (χ1v) is 10.1. The van der Waals surface area contributed by atoms with E-state index in [0.717, 1.165) is 32.4 Å². The molecule has 1 amide bonds. The zero-order valence-corrected chi connectivity index (χ0v) is 16.8. The lowest BCUT2D eigenvalue weighted by atomic mass is 10.1. The van der Waals surface area contributed by atoms with Gasteiger partial charge in [0.1, 0.15) is 0 Å². The van der Waals surface area contributed by atoms with Crippen molar-refractivity contribution in [2.75, 3.05) is 13.1 Å². The lowest BCUT2D eigenvalue weighted by molar-refractivity contribution is -0.131. The molecule has 2 aromatic rings. The second-order valence-electron chi connectivity index (χ2n) is 7.18. The highest BCUT2D eigenvalue weighted by molar-refractivity contribution is 5.76. The Hall–Kier alpha value is -2.36. The number of rotatable bonds is 12. The number of imidazole rings is 1. The average molecular weight is 368 g/mol. The molecule has 27 heavy (non-hydrogen) atoms. The van der Waals surface area contributed by atoms with Crippen molar-refractivity contribution in [1.82, 2.24) is 14.5 Å². The van der Waals surface area contributed by atoms with E-state index in [-0.39, 0.29) is 5.91 Å². The quantitative estimate of drug-likeness (QED) is 0.485. The minimum atomic E-state index is 0.276. The van der Waals surface area contributed by atoms with Gasteiger partial charge in [-0.1, -0.05) is 68.2 Å². The maximum absolute atomic E-state index is 12.8. The molecule has 0 N–H and O–H groups in total. The highest BCUT2D eigenvalue weighted by Crippen LogP contribution is 2.11. The maximum atomic E-state index is 12.8. The topological polar surface area (TPSA) is 38.1 Å². The first kappa shape index (κ1) is 20.9. The predicted octanol–water partition coefficient (Wildman–Crippen LogP) is 5.18. The summed E-state index contributed by atoms with van der Waals surface area (Å²) < 4.78 is 2.07. The SMILES string of the molecule is CCCCCCC(=O)N(CCCn1ccnc1)C/C(C)=C/c1ccccc1. The number of benzene rings is 1. The largest absolute Gasteiger partial charge is 0.339 e. The van der Waals surface area contributed by atoms with E-state index in [9.17, 15) is 4.79 Å². The van der Waals surface area contributed by atoms with Crippen LogP contribution in [0.3, 0.4) is 0 Å². The van der Waals surface area contributed by atoms with Crippen LogP contribution in [0, 0.1) is 0 Å². The van der Waals surface area contributed by atoms with Crippen molar-refractivity contribution in [3.8, 4) is 0 Å². The fraction of sp³-hybridized carbons (Fsp3) is 0.478. The summed E-state index contributed by atoms with van der Waals surface area (Å²) in [6.45, 7) is 6.68. The van der Waals surface area contributed by atoms with Crippen LogP contribution < -0.4 is 0 Å². The van der Waals surface area contributed by atoms with Gasteiger partial charge in [0, 0.05) is 38.4 Å². The molecule has 1 aromatic carbocycles. The van der Waals surface area contributed by atoms with Crippen LogP contribution in [-0.2, 0) is 11.3 Å². The van der Waals surface area contributed by atoms with E-state index < -0.39 is 0 Å². The zero-order valence-electron chi connectivity index (χ0n) is 16.8. The Morgan fingerprint density at radius 2 is 1.96 bits per heavy atom. The minimum absolute atomic E-state index is 0.276. The molecule has 146 valence electrons. The van der Waals surface area contributed by atoms with Crippen molar-refractivity contribution in [1.29, 1.82) is 0 Å². The van der Waals surface area contributed by atoms with Gasteiger partial charge in [-0.2, -0.15) is 0 Å². The standard InChI is InChI=1S/C23H33N3O/c1-3-4-5-9-13-23(27)26(16-10-15-25-17-14-24-20-25)19-21(2)18-22-11-7-6-8-12-22/h6-8,11-12,14,17-18,20H,3-5,9-10,13,15-16,19H2,1-2H3/b21-18+. The molecule has 0 unspecified atom stereocenters. The van der Waals surface area contributed by atoms with Crippen LogP contribution in [0.2, 0.25) is 0 Å². The van der Waals surface area contributed by atoms with Crippen molar-refractivity contribution < 1.29 is 4.79 Å². The van der Waals surface area contributed by atoms with Crippen LogP contribution >= 0.6 is 0 Å². The lowest BCUT2D eigenvalue weighted by Crippen LogP contribution is -2.33. The van der Waals surface area contributed by atoms with Gasteiger partial charge in [0.2, 0.25) is 5.91 Å². The monoisotopic (exact) mass is 367 g/mol. The van der Waals surface area contributed by atoms with E-state index in [2.05, 4.69) is 41.6 Å². The van der Waals surface area contributed by atoms with Crippen LogP contribution in [0.25, 0.3) is 6.08 Å². The number of hydrogen-bond acceptors (Lipinski definition) is 2. The van der Waals surface area contributed by atoms with Crippen molar-refractivity contribution in [3.63, 3.8) is 0 Å². The van der Waals surface area contributed by atoms with Gasteiger partial charge in [-0.3, -0.25) is 4.79 Å². The zero-order chi connectivity index (χ0) is 19.3. The first-order valence-electron chi connectivity index (χ1n) is 10.1. The molecule has 0 aliphatic carbocycles. The minimum Gasteiger partial charge on any atom is -0.339 e. The second kappa shape index (κ2) is 12.1. The number of aromatic nitrogens is 2. The van der Waals surface area contributed by atoms with E-state index in [1.807, 2.05) is 35.6 Å². The number of carbonyl (C=O) groups is 1. The van der Waals surface area contributed by atoms with Crippen LogP contribution in [0.4, 0.5) is 0 Å². The molecule has 0 radical (unpaired) electrons. The summed E-state index contributed by atoms with van der Waals surface area (Å²) in [4.78, 5) is 18.9. The molecule has 0 spiro atoms. The summed E-state index contributed by atoms with van der Waals surface area (Å²) in [5, 5.41) is 0. The molecule has 0 aliphatic rings. The number of unbranched alkanes of at least 4 members (excludes halogenated alkanes) is 3. The predicted molar refractivity (Wildman–Crippen MR) is 112 cm³/mol. The van der Waals surface area contributed by atoms with E-state index in [0.29, 0.717) is 13.0 Å². The fourth-order valence-corrected chi connectivity index (χ4v) is 3.20. The molecule has 4 nitrogen and oxygen atoms in total. The summed E-state index contributed by atoms with van der Waals surface area (Å²) in [5.74, 6) is 0.276. The van der Waals surface area contributed by atoms with Gasteiger partial charge in [-0.15, -0.1) is 0 Å². The van der Waals surface area contributed by atoms with Crippen molar-refractivity contribution in [2.45, 2.75) is 58.9 Å². The number of carbonyl (C=O) groups excluding carboxylic acids is 1. The number of aryl methyl sites for hydroxylation is 1. The van der Waals surface area contributed by atoms with E-state index in [1.165, 1.54) is 24.0 Å². The maximum Gasteiger partial charge on any atom is 0.222 e. The Labute approximate surface area is 163 Å². The molecule has 0 saturated carbocycles. The van der Waals surface area contributed by atoms with Gasteiger partial charge in [0.25, 0.3) is 0 Å². The highest BCUT2D eigenvalue weighted by atomic mass is 16.2. The van der Waals surface area contributed by atoms with E-state index in [4.69, 9.17) is 0 Å². The smallest absolute Gasteiger partial charge is 0.222 e. The van der Waals surface area contributed by atoms with Gasteiger partial charge in [-0.25, -0.2) is 4.98 Å². The lowest BCUT2D eigenvalue weighted by Gasteiger charge is -2.23. The third-order valence-electron chi connectivity index (χ3n) is 4.65. The fourth-order valence-electron chi connectivity index (χ4n) is 3.20. The highest BCUT2D eigenvalue weighted by Gasteiger charge is 2.13. The summed E-state index contributed by atoms with van der Waals surface area (Å²) in [6.07, 6.45) is 13.9. The number of amides is 1. The van der Waals surface area contributed by atoms with Gasteiger partial charge < -0.3 is 9.47 Å². The molecule has 4 heteroatoms. The van der Waals surface area contributed by atoms with Crippen molar-refractivity contribution in [2.24, 2.45) is 0 Å². The number of nitrogens with zero attached hydrogens (tertiary/aromatic N) is 3. The molecule has 0 saturated heterocycles. The first-order chi connectivity index (χ1) is 13.2. The third kappa shape index (κ3) is 8.25. The molecule has 0 fully saturated rings. The normalized spacial score (nSPS) is 11.6. The Bertz CT molecular complexity index is 677. The van der Waals surface area contributed by atoms with E-state index >= 15 is 0 Å². The Kier molecular flexibility index (Phi) is 9.39. The molecular formula is C23H33N3O. The summed E-state index contributed by atoms with van der Waals surface area (Å²) in [7, 11) is 0. The summed E-state index contributed by atoms with van der Waals surface area (Å²) in [6, 6.07) is 10.3. The molecule has 2 rings (SSSR count). The van der Waals surface area contributed by atoms with Crippen molar-refractivity contribution >= 4 is 12.0 Å². The van der Waals surface area contributed by atoms with Crippen LogP contribution in [0.1, 0.15) is 57.9 Å². The Morgan fingerprint density at radius 3 is 2.67 bits per heavy atom. The molecule has 0 aliphatic heterocycles. The Morgan fingerprint density at radius 1 is 1.15 bits per heavy atom. The molecule has 1 heterocycles. The van der Waals surface area contributed by atoms with Gasteiger partial charge >= 0.3 is 0 Å². The number of hydrogen-bond donors (Lipinski definition) is 0. The summed E-state index contributed by atoms with van der Waals surface area (Å²) >= 11 is 0. The van der Waals surface area contributed by atoms with Gasteiger partial charge in [0.15, 0.2) is 0 Å². The average Bonchev–Trinajstić information content (AvgIpc) is 3.18. The van der Waals surface area contributed by atoms with Gasteiger partial charge in [-0.05, 0) is 25.3 Å². The second-order valence-corrected chi connectivity index (χ2v) is 7.18. The van der Waals surface area contributed by atoms with Crippen molar-refractivity contribution in [3.05, 3.63) is 60.2 Å². The van der Waals surface area contributed by atoms with Crippen LogP contribution in [0.5, 0.6) is 0 Å². The van der Waals surface area contributed by atoms with E-state index in [1.54, 1.807) is 6.20 Å². The van der Waals surface area contributed by atoms with Crippen LogP contribution in [-0.4, -0.2) is 33.4 Å². The van der Waals surface area contributed by atoms with Gasteiger partial charge in [0.05, 0.1) is 6.33 Å². The third-order valence-corrected chi connectivity index (χ3v) is 4.65. The molecular weight excluding hydrogens is 334 g/mol. The van der Waals surface area contributed by atoms with Crippen LogP contribution in [0.15, 0.2) is 54.6 Å². The molecule has 0 bridgehead atoms. The molecule has 1 aromatic heterocycles.